The first-order valence-corrected chi connectivity index (χ1v) is 6.53. The standard InChI is InChI=1S/C10H14ClN3S/c1-7-5-13-10(11)14-9(7)12-6-8-3-2-4-15-8/h5,8H,2-4,6H2,1H3,(H,12,13,14). The second kappa shape index (κ2) is 5.03. The molecule has 5 heteroatoms. The van der Waals surface area contributed by atoms with Crippen LogP contribution in [0, 0.1) is 6.92 Å². The third-order valence-electron chi connectivity index (χ3n) is 2.46. The fourth-order valence-corrected chi connectivity index (χ4v) is 2.95. The van der Waals surface area contributed by atoms with Crippen molar-refractivity contribution in [3.05, 3.63) is 17.0 Å². The molecule has 0 amide bonds. The first kappa shape index (κ1) is 11.0. The van der Waals surface area contributed by atoms with Crippen molar-refractivity contribution in [3.63, 3.8) is 0 Å². The van der Waals surface area contributed by atoms with Gasteiger partial charge >= 0.3 is 0 Å². The number of nitrogens with one attached hydrogen (secondary N) is 1. The molecular formula is C10H14ClN3S. The Morgan fingerprint density at radius 1 is 1.67 bits per heavy atom. The van der Waals surface area contributed by atoms with E-state index >= 15 is 0 Å². The van der Waals surface area contributed by atoms with Gasteiger partial charge in [0.15, 0.2) is 0 Å². The van der Waals surface area contributed by atoms with E-state index in [0.29, 0.717) is 5.28 Å². The molecule has 82 valence electrons. The minimum atomic E-state index is 0.308. The molecule has 1 fully saturated rings. The smallest absolute Gasteiger partial charge is 0.224 e. The zero-order valence-electron chi connectivity index (χ0n) is 8.66. The van der Waals surface area contributed by atoms with E-state index in [2.05, 4.69) is 15.3 Å². The quantitative estimate of drug-likeness (QED) is 0.829. The average molecular weight is 244 g/mol. The molecule has 15 heavy (non-hydrogen) atoms. The van der Waals surface area contributed by atoms with E-state index in [1.165, 1.54) is 18.6 Å². The second-order valence-corrected chi connectivity index (χ2v) is 5.43. The van der Waals surface area contributed by atoms with Gasteiger partial charge in [-0.2, -0.15) is 11.8 Å². The van der Waals surface area contributed by atoms with Crippen molar-refractivity contribution in [1.82, 2.24) is 9.97 Å². The molecule has 0 aromatic carbocycles. The van der Waals surface area contributed by atoms with Crippen LogP contribution in [0.5, 0.6) is 0 Å². The van der Waals surface area contributed by atoms with Crippen LogP contribution < -0.4 is 5.32 Å². The van der Waals surface area contributed by atoms with Gasteiger partial charge in [-0.3, -0.25) is 0 Å². The largest absolute Gasteiger partial charge is 0.369 e. The first-order valence-electron chi connectivity index (χ1n) is 5.10. The highest BCUT2D eigenvalue weighted by molar-refractivity contribution is 8.00. The summed E-state index contributed by atoms with van der Waals surface area (Å²) in [6.07, 6.45) is 4.38. The maximum atomic E-state index is 5.74. The van der Waals surface area contributed by atoms with Crippen molar-refractivity contribution in [1.29, 1.82) is 0 Å². The highest BCUT2D eigenvalue weighted by atomic mass is 35.5. The van der Waals surface area contributed by atoms with E-state index in [1.807, 2.05) is 18.7 Å². The van der Waals surface area contributed by atoms with E-state index in [1.54, 1.807) is 6.20 Å². The Morgan fingerprint density at radius 3 is 3.27 bits per heavy atom. The molecule has 0 saturated carbocycles. The highest BCUT2D eigenvalue weighted by Gasteiger charge is 2.15. The molecule has 0 bridgehead atoms. The van der Waals surface area contributed by atoms with Crippen LogP contribution in [0.1, 0.15) is 18.4 Å². The first-order chi connectivity index (χ1) is 7.25. The number of aromatic nitrogens is 2. The second-order valence-electron chi connectivity index (χ2n) is 3.69. The summed E-state index contributed by atoms with van der Waals surface area (Å²) in [5, 5.41) is 4.37. The fraction of sp³-hybridized carbons (Fsp3) is 0.600. The summed E-state index contributed by atoms with van der Waals surface area (Å²) in [4.78, 5) is 8.10. The number of aryl methyl sites for hydroxylation is 1. The summed E-state index contributed by atoms with van der Waals surface area (Å²) in [5.41, 5.74) is 1.04. The molecule has 2 rings (SSSR count). The van der Waals surface area contributed by atoms with Gasteiger partial charge in [-0.1, -0.05) is 0 Å². The Labute approximate surface area is 99.0 Å². The van der Waals surface area contributed by atoms with Crippen LogP contribution >= 0.6 is 23.4 Å². The summed E-state index contributed by atoms with van der Waals surface area (Å²) in [7, 11) is 0. The average Bonchev–Trinajstić information content (AvgIpc) is 2.72. The zero-order valence-corrected chi connectivity index (χ0v) is 10.2. The van der Waals surface area contributed by atoms with Gasteiger partial charge in [0.1, 0.15) is 5.82 Å². The fourth-order valence-electron chi connectivity index (χ4n) is 1.62. The van der Waals surface area contributed by atoms with E-state index in [4.69, 9.17) is 11.6 Å². The lowest BCUT2D eigenvalue weighted by Gasteiger charge is -2.12. The Bertz CT molecular complexity index is 339. The molecule has 1 aromatic rings. The molecule has 1 aliphatic heterocycles. The minimum absolute atomic E-state index is 0.308. The minimum Gasteiger partial charge on any atom is -0.369 e. The molecular weight excluding hydrogens is 230 g/mol. The van der Waals surface area contributed by atoms with Crippen LogP contribution in [0.3, 0.4) is 0 Å². The van der Waals surface area contributed by atoms with Crippen molar-refractivity contribution in [3.8, 4) is 0 Å². The summed E-state index contributed by atoms with van der Waals surface area (Å²) in [6.45, 7) is 2.96. The maximum absolute atomic E-state index is 5.74. The molecule has 1 saturated heterocycles. The van der Waals surface area contributed by atoms with Crippen molar-refractivity contribution < 1.29 is 0 Å². The van der Waals surface area contributed by atoms with Crippen LogP contribution in [-0.2, 0) is 0 Å². The summed E-state index contributed by atoms with van der Waals surface area (Å²) < 4.78 is 0. The van der Waals surface area contributed by atoms with E-state index in [0.717, 1.165) is 23.2 Å². The normalized spacial score (nSPS) is 20.5. The molecule has 3 nitrogen and oxygen atoms in total. The lowest BCUT2D eigenvalue weighted by molar-refractivity contribution is 0.802. The van der Waals surface area contributed by atoms with Crippen molar-refractivity contribution in [2.24, 2.45) is 0 Å². The molecule has 1 aromatic heterocycles. The topological polar surface area (TPSA) is 37.8 Å². The van der Waals surface area contributed by atoms with Crippen molar-refractivity contribution in [2.45, 2.75) is 25.0 Å². The van der Waals surface area contributed by atoms with Gasteiger partial charge < -0.3 is 5.32 Å². The van der Waals surface area contributed by atoms with Crippen LogP contribution in [0.2, 0.25) is 5.28 Å². The number of halogens is 1. The Kier molecular flexibility index (Phi) is 3.70. The SMILES string of the molecule is Cc1cnc(Cl)nc1NCC1CCCS1. The van der Waals surface area contributed by atoms with Crippen LogP contribution in [-0.4, -0.2) is 27.5 Å². The summed E-state index contributed by atoms with van der Waals surface area (Å²) >= 11 is 7.78. The molecule has 0 radical (unpaired) electrons. The molecule has 1 aliphatic rings. The van der Waals surface area contributed by atoms with Gasteiger partial charge in [0.2, 0.25) is 5.28 Å². The van der Waals surface area contributed by atoms with Gasteiger partial charge in [-0.25, -0.2) is 9.97 Å². The number of rotatable bonds is 3. The van der Waals surface area contributed by atoms with Gasteiger partial charge in [0.05, 0.1) is 0 Å². The number of thioether (sulfide) groups is 1. The predicted molar refractivity (Wildman–Crippen MR) is 65.7 cm³/mol. The van der Waals surface area contributed by atoms with Gasteiger partial charge in [0, 0.05) is 23.6 Å². The summed E-state index contributed by atoms with van der Waals surface area (Å²) in [5.74, 6) is 2.15. The Balaban J connectivity index is 1.94. The molecule has 2 heterocycles. The predicted octanol–water partition coefficient (Wildman–Crippen LogP) is 2.75. The van der Waals surface area contributed by atoms with E-state index in [9.17, 15) is 0 Å². The van der Waals surface area contributed by atoms with Crippen LogP contribution in [0.25, 0.3) is 0 Å². The number of hydrogen-bond acceptors (Lipinski definition) is 4. The number of hydrogen-bond donors (Lipinski definition) is 1. The molecule has 1 unspecified atom stereocenters. The van der Waals surface area contributed by atoms with Gasteiger partial charge in [0.25, 0.3) is 0 Å². The van der Waals surface area contributed by atoms with Crippen molar-refractivity contribution in [2.75, 3.05) is 17.6 Å². The lowest BCUT2D eigenvalue weighted by atomic mass is 10.2. The maximum Gasteiger partial charge on any atom is 0.224 e. The van der Waals surface area contributed by atoms with Gasteiger partial charge in [-0.15, -0.1) is 0 Å². The molecule has 0 spiro atoms. The third kappa shape index (κ3) is 2.98. The molecule has 1 N–H and O–H groups in total. The Hall–Kier alpha value is -0.480. The molecule has 1 atom stereocenters. The monoisotopic (exact) mass is 243 g/mol. The Morgan fingerprint density at radius 2 is 2.53 bits per heavy atom. The lowest BCUT2D eigenvalue weighted by Crippen LogP contribution is -2.15. The third-order valence-corrected chi connectivity index (χ3v) is 4.04. The van der Waals surface area contributed by atoms with Crippen LogP contribution in [0.15, 0.2) is 6.20 Å². The number of anilines is 1. The molecule has 0 aliphatic carbocycles. The summed E-state index contributed by atoms with van der Waals surface area (Å²) in [6, 6.07) is 0. The number of nitrogens with zero attached hydrogens (tertiary/aromatic N) is 2. The van der Waals surface area contributed by atoms with Gasteiger partial charge in [-0.05, 0) is 37.1 Å². The van der Waals surface area contributed by atoms with Crippen molar-refractivity contribution >= 4 is 29.2 Å². The van der Waals surface area contributed by atoms with E-state index in [-0.39, 0.29) is 0 Å². The van der Waals surface area contributed by atoms with Crippen LogP contribution in [0.4, 0.5) is 5.82 Å². The highest BCUT2D eigenvalue weighted by Crippen LogP contribution is 2.26. The van der Waals surface area contributed by atoms with E-state index < -0.39 is 0 Å². The zero-order chi connectivity index (χ0) is 10.7.